The number of likely N-dealkylation sites (N-methyl/N-ethyl adjacent to an activating group) is 1. The summed E-state index contributed by atoms with van der Waals surface area (Å²) in [7, 11) is 3.33. The number of nitrogens with zero attached hydrogens (tertiary/aromatic N) is 2. The van der Waals surface area contributed by atoms with Crippen LogP contribution < -0.4 is 25.4 Å². The number of fused-ring (bicyclic) bond motifs is 1. The third kappa shape index (κ3) is 8.76. The Hall–Kier alpha value is -3.99. The van der Waals surface area contributed by atoms with Gasteiger partial charge in [0.05, 0.1) is 32.7 Å². The van der Waals surface area contributed by atoms with Gasteiger partial charge in [-0.1, -0.05) is 26.2 Å². The Morgan fingerprint density at radius 1 is 1.09 bits per heavy atom. The van der Waals surface area contributed by atoms with Gasteiger partial charge < -0.3 is 40.3 Å². The minimum Gasteiger partial charge on any atom is -0.497 e. The summed E-state index contributed by atoms with van der Waals surface area (Å²) in [4.78, 5) is 42.6. The van der Waals surface area contributed by atoms with E-state index in [0.29, 0.717) is 41.5 Å². The summed E-state index contributed by atoms with van der Waals surface area (Å²) in [5.41, 5.74) is 1.70. The number of urea groups is 2. The molecular weight excluding hydrogens is 550 g/mol. The molecule has 1 aliphatic heterocycles. The number of methoxy groups -OCH3 is 1. The molecule has 0 radical (unpaired) electrons. The number of ether oxygens (including phenoxy) is 2. The number of hydrogen-bond donors (Lipinski definition) is 4. The first-order valence-electron chi connectivity index (χ1n) is 15.1. The fourth-order valence-electron chi connectivity index (χ4n) is 5.58. The minimum absolute atomic E-state index is 0.0345. The smallest absolute Gasteiger partial charge is 0.323 e. The van der Waals surface area contributed by atoms with Gasteiger partial charge in [-0.3, -0.25) is 4.79 Å². The third-order valence-electron chi connectivity index (χ3n) is 8.26. The van der Waals surface area contributed by atoms with E-state index in [1.165, 1.54) is 6.42 Å². The molecule has 2 aliphatic rings. The molecule has 1 heterocycles. The zero-order chi connectivity index (χ0) is 30.9. The van der Waals surface area contributed by atoms with E-state index >= 15 is 0 Å². The molecule has 0 aromatic heterocycles. The van der Waals surface area contributed by atoms with Crippen LogP contribution in [0.5, 0.6) is 11.5 Å². The Kier molecular flexibility index (Phi) is 11.1. The lowest BCUT2D eigenvalue weighted by atomic mass is 9.96. The van der Waals surface area contributed by atoms with E-state index in [1.54, 1.807) is 66.4 Å². The van der Waals surface area contributed by atoms with Crippen molar-refractivity contribution in [3.8, 4) is 11.5 Å². The molecule has 43 heavy (non-hydrogen) atoms. The summed E-state index contributed by atoms with van der Waals surface area (Å²) in [6.07, 6.45) is 5.06. The number of carbonyl (C=O) groups is 3. The largest absolute Gasteiger partial charge is 0.497 e. The van der Waals surface area contributed by atoms with E-state index in [1.807, 2.05) is 13.8 Å². The van der Waals surface area contributed by atoms with Gasteiger partial charge in [-0.2, -0.15) is 0 Å². The number of amides is 5. The Morgan fingerprint density at radius 2 is 1.77 bits per heavy atom. The first kappa shape index (κ1) is 31.9. The molecule has 5 amide bonds. The number of hydrogen-bond acceptors (Lipinski definition) is 6. The van der Waals surface area contributed by atoms with Crippen molar-refractivity contribution in [1.82, 2.24) is 15.1 Å². The molecule has 3 atom stereocenters. The normalized spacial score (nSPS) is 19.9. The minimum atomic E-state index is -0.437. The van der Waals surface area contributed by atoms with Crippen LogP contribution in [0, 0.1) is 5.92 Å². The van der Waals surface area contributed by atoms with E-state index in [-0.39, 0.29) is 43.0 Å². The van der Waals surface area contributed by atoms with Gasteiger partial charge >= 0.3 is 12.1 Å². The van der Waals surface area contributed by atoms with Crippen molar-refractivity contribution in [1.29, 1.82) is 0 Å². The van der Waals surface area contributed by atoms with Crippen LogP contribution in [-0.2, 0) is 11.2 Å². The summed E-state index contributed by atoms with van der Waals surface area (Å²) in [5, 5.41) is 18.7. The predicted molar refractivity (Wildman–Crippen MR) is 166 cm³/mol. The van der Waals surface area contributed by atoms with Gasteiger partial charge in [0, 0.05) is 42.5 Å². The molecule has 2 aromatic carbocycles. The van der Waals surface area contributed by atoms with Gasteiger partial charge in [-0.05, 0) is 62.2 Å². The van der Waals surface area contributed by atoms with Gasteiger partial charge in [0.15, 0.2) is 0 Å². The van der Waals surface area contributed by atoms with Crippen LogP contribution in [0.25, 0.3) is 0 Å². The maximum atomic E-state index is 13.5. The molecule has 4 N–H and O–H groups in total. The third-order valence-corrected chi connectivity index (χ3v) is 8.26. The van der Waals surface area contributed by atoms with Crippen LogP contribution in [0.2, 0.25) is 0 Å². The van der Waals surface area contributed by atoms with E-state index in [2.05, 4.69) is 16.0 Å². The molecule has 2 aromatic rings. The molecule has 0 unspecified atom stereocenters. The van der Waals surface area contributed by atoms with Crippen molar-refractivity contribution in [3.05, 3.63) is 48.0 Å². The van der Waals surface area contributed by atoms with Crippen molar-refractivity contribution in [2.75, 3.05) is 44.5 Å². The second-order valence-electron chi connectivity index (χ2n) is 11.7. The molecule has 4 rings (SSSR count). The van der Waals surface area contributed by atoms with Gasteiger partial charge in [0.25, 0.3) is 0 Å². The number of anilines is 2. The molecule has 0 saturated heterocycles. The first-order valence-corrected chi connectivity index (χ1v) is 15.1. The van der Waals surface area contributed by atoms with E-state index in [4.69, 9.17) is 9.47 Å². The van der Waals surface area contributed by atoms with Crippen molar-refractivity contribution in [2.24, 2.45) is 5.92 Å². The highest BCUT2D eigenvalue weighted by molar-refractivity contribution is 6.00. The summed E-state index contributed by atoms with van der Waals surface area (Å²) in [6.45, 7) is 4.32. The summed E-state index contributed by atoms with van der Waals surface area (Å²) in [6, 6.07) is 11.4. The van der Waals surface area contributed by atoms with Crippen LogP contribution in [0.15, 0.2) is 42.5 Å². The number of nitrogens with one attached hydrogen (secondary N) is 3. The van der Waals surface area contributed by atoms with Crippen LogP contribution in [0.4, 0.5) is 21.0 Å². The highest BCUT2D eigenvalue weighted by Gasteiger charge is 2.32. The molecule has 11 heteroatoms. The van der Waals surface area contributed by atoms with Crippen molar-refractivity contribution < 1.29 is 29.0 Å². The Balaban J connectivity index is 1.52. The van der Waals surface area contributed by atoms with Crippen molar-refractivity contribution in [2.45, 2.75) is 70.6 Å². The SMILES string of the molecule is COc1ccc(NC(=O)Nc2ccc3c(c2)CC(=O)N([C@H](C)CO)C[C@H](C)[C@@H](CN(C)C(=O)NC2CCCCC2)O3)cc1. The molecule has 1 saturated carbocycles. The average Bonchev–Trinajstić information content (AvgIpc) is 3.04. The van der Waals surface area contributed by atoms with Crippen molar-refractivity contribution >= 4 is 29.3 Å². The molecule has 234 valence electrons. The number of aliphatic hydroxyl groups excluding tert-OH is 1. The highest BCUT2D eigenvalue weighted by atomic mass is 16.5. The fraction of sp³-hybridized carbons (Fsp3) is 0.531. The van der Waals surface area contributed by atoms with Crippen molar-refractivity contribution in [3.63, 3.8) is 0 Å². The van der Waals surface area contributed by atoms with E-state index in [0.717, 1.165) is 25.7 Å². The predicted octanol–water partition coefficient (Wildman–Crippen LogP) is 4.46. The molecule has 0 bridgehead atoms. The first-order chi connectivity index (χ1) is 20.7. The maximum Gasteiger partial charge on any atom is 0.323 e. The van der Waals surface area contributed by atoms with Gasteiger partial charge in [-0.25, -0.2) is 9.59 Å². The lowest BCUT2D eigenvalue weighted by molar-refractivity contribution is -0.134. The van der Waals surface area contributed by atoms with Gasteiger partial charge in [0.1, 0.15) is 17.6 Å². The zero-order valence-corrected chi connectivity index (χ0v) is 25.6. The molecule has 1 fully saturated rings. The molecule has 0 spiro atoms. The maximum absolute atomic E-state index is 13.5. The van der Waals surface area contributed by atoms with Gasteiger partial charge in [-0.15, -0.1) is 0 Å². The van der Waals surface area contributed by atoms with Crippen LogP contribution in [-0.4, -0.2) is 84.9 Å². The van der Waals surface area contributed by atoms with Gasteiger partial charge in [0.2, 0.25) is 5.91 Å². The zero-order valence-electron chi connectivity index (χ0n) is 25.6. The lowest BCUT2D eigenvalue weighted by Crippen LogP contribution is -2.50. The number of rotatable bonds is 8. The standard InChI is InChI=1S/C32H45N5O6/c1-21-18-37(22(2)20-38)30(39)17-23-16-26(34-31(40)33-25-10-13-27(42-4)14-11-25)12-15-28(23)43-29(21)19-36(3)32(41)35-24-8-6-5-7-9-24/h10-16,21-22,24,29,38H,5-9,17-20H2,1-4H3,(H,35,41)(H2,33,34,40)/t21-,22+,29+/m0/s1. The quantitative estimate of drug-likeness (QED) is 0.356. The molecular formula is C32H45N5O6. The molecule has 1 aliphatic carbocycles. The van der Waals surface area contributed by atoms with E-state index < -0.39 is 12.1 Å². The number of benzene rings is 2. The highest BCUT2D eigenvalue weighted by Crippen LogP contribution is 2.29. The summed E-state index contributed by atoms with van der Waals surface area (Å²) in [5.74, 6) is 0.913. The lowest BCUT2D eigenvalue weighted by Gasteiger charge is -2.34. The van der Waals surface area contributed by atoms with Crippen LogP contribution in [0.1, 0.15) is 51.5 Å². The molecule has 11 nitrogen and oxygen atoms in total. The second kappa shape index (κ2) is 15.0. The average molecular weight is 596 g/mol. The monoisotopic (exact) mass is 595 g/mol. The van der Waals surface area contributed by atoms with Crippen LogP contribution in [0.3, 0.4) is 0 Å². The Bertz CT molecular complexity index is 1250. The second-order valence-corrected chi connectivity index (χ2v) is 11.7. The Morgan fingerprint density at radius 3 is 2.44 bits per heavy atom. The number of aliphatic hydroxyl groups is 1. The number of carbonyl (C=O) groups excluding carboxylic acids is 3. The van der Waals surface area contributed by atoms with E-state index in [9.17, 15) is 19.5 Å². The summed E-state index contributed by atoms with van der Waals surface area (Å²) < 4.78 is 11.7. The fourth-order valence-corrected chi connectivity index (χ4v) is 5.58. The summed E-state index contributed by atoms with van der Waals surface area (Å²) >= 11 is 0. The Labute approximate surface area is 253 Å². The topological polar surface area (TPSA) is 132 Å². The van der Waals surface area contributed by atoms with Crippen LogP contribution >= 0.6 is 0 Å².